The predicted octanol–water partition coefficient (Wildman–Crippen LogP) is 2.58. The van der Waals surface area contributed by atoms with Gasteiger partial charge in [0.25, 0.3) is 5.91 Å². The smallest absolute Gasteiger partial charge is 0.335 e. The number of nitrogens with one attached hydrogen (secondary N) is 1. The van der Waals surface area contributed by atoms with Gasteiger partial charge < -0.3 is 10.4 Å². The lowest BCUT2D eigenvalue weighted by atomic mass is 10.2. The molecule has 0 aliphatic heterocycles. The molecule has 0 saturated carbocycles. The third kappa shape index (κ3) is 2.76. The Morgan fingerprint density at radius 1 is 0.955 bits per heavy atom. The van der Waals surface area contributed by atoms with Gasteiger partial charge in [0.05, 0.1) is 22.8 Å². The number of carboxylic acid groups (broad SMARTS) is 1. The Labute approximate surface area is 125 Å². The Bertz CT molecular complexity index is 860. The maximum atomic E-state index is 12.1. The number of fused-ring (bicyclic) bond motifs is 1. The molecular weight excluding hydrogens is 282 g/mol. The monoisotopic (exact) mass is 293 g/mol. The number of benzene rings is 2. The van der Waals surface area contributed by atoms with Crippen molar-refractivity contribution in [1.82, 2.24) is 9.97 Å². The Balaban J connectivity index is 1.81. The van der Waals surface area contributed by atoms with Gasteiger partial charge in [0.15, 0.2) is 0 Å². The van der Waals surface area contributed by atoms with Crippen LogP contribution in [-0.4, -0.2) is 27.0 Å². The van der Waals surface area contributed by atoms with Crippen LogP contribution in [0.5, 0.6) is 0 Å². The van der Waals surface area contributed by atoms with E-state index in [1.165, 1.54) is 30.5 Å². The van der Waals surface area contributed by atoms with Crippen LogP contribution < -0.4 is 5.32 Å². The van der Waals surface area contributed by atoms with Crippen LogP contribution in [0.3, 0.4) is 0 Å². The largest absolute Gasteiger partial charge is 0.478 e. The topological polar surface area (TPSA) is 92.2 Å². The number of nitrogens with zero attached hydrogens (tertiary/aromatic N) is 2. The first kappa shape index (κ1) is 13.7. The third-order valence-electron chi connectivity index (χ3n) is 3.07. The first-order chi connectivity index (χ1) is 10.6. The van der Waals surface area contributed by atoms with Crippen LogP contribution >= 0.6 is 0 Å². The molecular formula is C16H11N3O3. The van der Waals surface area contributed by atoms with Gasteiger partial charge in [-0.2, -0.15) is 0 Å². The van der Waals surface area contributed by atoms with Gasteiger partial charge in [-0.1, -0.05) is 12.1 Å². The molecule has 108 valence electrons. The number of aromatic nitrogens is 2. The minimum atomic E-state index is -1.02. The fourth-order valence-corrected chi connectivity index (χ4v) is 1.96. The summed E-state index contributed by atoms with van der Waals surface area (Å²) < 4.78 is 0. The molecule has 0 aliphatic carbocycles. The van der Waals surface area contributed by atoms with Gasteiger partial charge in [-0.05, 0) is 36.4 Å². The minimum Gasteiger partial charge on any atom is -0.478 e. The SMILES string of the molecule is O=C(O)c1ccc(NC(=O)c2cnc3ccccc3n2)cc1. The van der Waals surface area contributed by atoms with Gasteiger partial charge >= 0.3 is 5.97 Å². The Hall–Kier alpha value is -3.28. The fraction of sp³-hybridized carbons (Fsp3) is 0. The van der Waals surface area contributed by atoms with Gasteiger partial charge in [0.2, 0.25) is 0 Å². The molecule has 6 heteroatoms. The van der Waals surface area contributed by atoms with E-state index in [4.69, 9.17) is 5.11 Å². The summed E-state index contributed by atoms with van der Waals surface area (Å²) in [5.41, 5.74) is 2.19. The van der Waals surface area contributed by atoms with Crippen molar-refractivity contribution in [3.8, 4) is 0 Å². The minimum absolute atomic E-state index is 0.156. The van der Waals surface area contributed by atoms with Crippen LogP contribution in [0.1, 0.15) is 20.8 Å². The zero-order valence-corrected chi connectivity index (χ0v) is 11.4. The van der Waals surface area contributed by atoms with E-state index in [1.54, 1.807) is 6.07 Å². The highest BCUT2D eigenvalue weighted by molar-refractivity contribution is 6.03. The molecule has 1 heterocycles. The molecule has 0 bridgehead atoms. The molecule has 0 fully saturated rings. The average Bonchev–Trinajstić information content (AvgIpc) is 2.55. The molecule has 0 saturated heterocycles. The highest BCUT2D eigenvalue weighted by Crippen LogP contribution is 2.12. The number of carbonyl (C=O) groups is 2. The Morgan fingerprint density at radius 2 is 1.64 bits per heavy atom. The molecule has 0 atom stereocenters. The van der Waals surface area contributed by atoms with E-state index in [9.17, 15) is 9.59 Å². The van der Waals surface area contributed by atoms with E-state index >= 15 is 0 Å². The predicted molar refractivity (Wildman–Crippen MR) is 80.9 cm³/mol. The highest BCUT2D eigenvalue weighted by atomic mass is 16.4. The number of aromatic carboxylic acids is 1. The molecule has 0 radical (unpaired) electrons. The van der Waals surface area contributed by atoms with Gasteiger partial charge in [-0.3, -0.25) is 9.78 Å². The van der Waals surface area contributed by atoms with Crippen molar-refractivity contribution in [2.75, 3.05) is 5.32 Å². The number of hydrogen-bond acceptors (Lipinski definition) is 4. The molecule has 1 aromatic heterocycles. The lowest BCUT2D eigenvalue weighted by Gasteiger charge is -2.05. The number of para-hydroxylation sites is 2. The molecule has 2 N–H and O–H groups in total. The number of hydrogen-bond donors (Lipinski definition) is 2. The standard InChI is InChI=1S/C16H11N3O3/c20-15(18-11-7-5-10(6-8-11)16(21)22)14-9-17-12-3-1-2-4-13(12)19-14/h1-9H,(H,18,20)(H,21,22). The summed E-state index contributed by atoms with van der Waals surface area (Å²) in [4.78, 5) is 31.3. The van der Waals surface area contributed by atoms with E-state index in [-0.39, 0.29) is 11.3 Å². The van der Waals surface area contributed by atoms with Crippen LogP contribution in [0.4, 0.5) is 5.69 Å². The molecule has 22 heavy (non-hydrogen) atoms. The van der Waals surface area contributed by atoms with E-state index in [0.717, 1.165) is 0 Å². The zero-order chi connectivity index (χ0) is 15.5. The second-order valence-corrected chi connectivity index (χ2v) is 4.58. The third-order valence-corrected chi connectivity index (χ3v) is 3.07. The van der Waals surface area contributed by atoms with Crippen LogP contribution in [0.2, 0.25) is 0 Å². The van der Waals surface area contributed by atoms with Crippen LogP contribution in [-0.2, 0) is 0 Å². The van der Waals surface area contributed by atoms with Crippen molar-refractivity contribution >= 4 is 28.6 Å². The van der Waals surface area contributed by atoms with Gasteiger partial charge in [-0.25, -0.2) is 9.78 Å². The first-order valence-corrected chi connectivity index (χ1v) is 6.50. The lowest BCUT2D eigenvalue weighted by molar-refractivity contribution is 0.0696. The van der Waals surface area contributed by atoms with Gasteiger partial charge in [0, 0.05) is 5.69 Å². The van der Waals surface area contributed by atoms with Crippen LogP contribution in [0, 0.1) is 0 Å². The summed E-state index contributed by atoms with van der Waals surface area (Å²) >= 11 is 0. The summed E-state index contributed by atoms with van der Waals surface area (Å²) in [6.07, 6.45) is 1.41. The van der Waals surface area contributed by atoms with E-state index < -0.39 is 11.9 Å². The summed E-state index contributed by atoms with van der Waals surface area (Å²) in [6.45, 7) is 0. The molecule has 0 unspecified atom stereocenters. The second kappa shape index (κ2) is 5.61. The molecule has 1 amide bonds. The average molecular weight is 293 g/mol. The maximum Gasteiger partial charge on any atom is 0.335 e. The Kier molecular flexibility index (Phi) is 3.49. The molecule has 3 rings (SSSR count). The van der Waals surface area contributed by atoms with Crippen molar-refractivity contribution in [2.24, 2.45) is 0 Å². The van der Waals surface area contributed by atoms with E-state index in [1.807, 2.05) is 18.2 Å². The number of anilines is 1. The first-order valence-electron chi connectivity index (χ1n) is 6.50. The van der Waals surface area contributed by atoms with Crippen molar-refractivity contribution in [1.29, 1.82) is 0 Å². The van der Waals surface area contributed by atoms with Crippen molar-refractivity contribution in [2.45, 2.75) is 0 Å². The Morgan fingerprint density at radius 3 is 2.32 bits per heavy atom. The van der Waals surface area contributed by atoms with Gasteiger partial charge in [-0.15, -0.1) is 0 Å². The van der Waals surface area contributed by atoms with Crippen molar-refractivity contribution < 1.29 is 14.7 Å². The number of carboxylic acids is 1. The van der Waals surface area contributed by atoms with Crippen LogP contribution in [0.15, 0.2) is 54.7 Å². The van der Waals surface area contributed by atoms with Crippen LogP contribution in [0.25, 0.3) is 11.0 Å². The zero-order valence-electron chi connectivity index (χ0n) is 11.4. The maximum absolute atomic E-state index is 12.1. The molecule has 6 nitrogen and oxygen atoms in total. The second-order valence-electron chi connectivity index (χ2n) is 4.58. The lowest BCUT2D eigenvalue weighted by Crippen LogP contribution is -2.14. The van der Waals surface area contributed by atoms with Crippen molar-refractivity contribution in [3.05, 3.63) is 66.0 Å². The molecule has 2 aromatic carbocycles. The molecule has 0 aliphatic rings. The quantitative estimate of drug-likeness (QED) is 0.774. The number of rotatable bonds is 3. The normalized spacial score (nSPS) is 10.4. The van der Waals surface area contributed by atoms with E-state index in [0.29, 0.717) is 16.7 Å². The fourth-order valence-electron chi connectivity index (χ4n) is 1.96. The van der Waals surface area contributed by atoms with Gasteiger partial charge in [0.1, 0.15) is 5.69 Å². The number of amides is 1. The highest BCUT2D eigenvalue weighted by Gasteiger charge is 2.10. The van der Waals surface area contributed by atoms with Crippen molar-refractivity contribution in [3.63, 3.8) is 0 Å². The molecule has 3 aromatic rings. The number of carbonyl (C=O) groups excluding carboxylic acids is 1. The van der Waals surface area contributed by atoms with E-state index in [2.05, 4.69) is 15.3 Å². The molecule has 0 spiro atoms. The summed E-state index contributed by atoms with van der Waals surface area (Å²) in [5.74, 6) is -1.42. The summed E-state index contributed by atoms with van der Waals surface area (Å²) in [6, 6.07) is 13.2. The summed E-state index contributed by atoms with van der Waals surface area (Å²) in [5, 5.41) is 11.5. The summed E-state index contributed by atoms with van der Waals surface area (Å²) in [7, 11) is 0.